The van der Waals surface area contributed by atoms with E-state index >= 15 is 0 Å². The highest BCUT2D eigenvalue weighted by molar-refractivity contribution is 5.95. The van der Waals surface area contributed by atoms with Gasteiger partial charge in [-0.1, -0.05) is 24.3 Å². The number of para-hydroxylation sites is 2. The zero-order valence-corrected chi connectivity index (χ0v) is 15.6. The van der Waals surface area contributed by atoms with Crippen molar-refractivity contribution in [1.82, 2.24) is 19.7 Å². The van der Waals surface area contributed by atoms with Gasteiger partial charge in [-0.25, -0.2) is 4.98 Å². The number of aryl methyl sites for hydroxylation is 1. The standard InChI is InChI=1S/C21H19N5O2/c1-12-19-15(13-6-5-7-14(10-13)28-2)11-18(27)24-20(19)26(25-12)21-22-16-8-3-4-9-17(16)23-21/h3-10,15H,11H2,1-2H3,(H,22,23)(H,24,27). The minimum absolute atomic E-state index is 0.0439. The highest BCUT2D eigenvalue weighted by Crippen LogP contribution is 2.40. The Morgan fingerprint density at radius 2 is 2.04 bits per heavy atom. The lowest BCUT2D eigenvalue weighted by atomic mass is 9.86. The van der Waals surface area contributed by atoms with Gasteiger partial charge in [0.15, 0.2) is 0 Å². The van der Waals surface area contributed by atoms with E-state index in [2.05, 4.69) is 20.4 Å². The fourth-order valence-electron chi connectivity index (χ4n) is 3.88. The van der Waals surface area contributed by atoms with Crippen LogP contribution in [0.4, 0.5) is 5.82 Å². The Morgan fingerprint density at radius 1 is 1.18 bits per heavy atom. The van der Waals surface area contributed by atoms with E-state index in [4.69, 9.17) is 4.74 Å². The molecular weight excluding hydrogens is 354 g/mol. The molecule has 1 unspecified atom stereocenters. The van der Waals surface area contributed by atoms with E-state index in [-0.39, 0.29) is 11.8 Å². The summed E-state index contributed by atoms with van der Waals surface area (Å²) >= 11 is 0. The molecule has 0 radical (unpaired) electrons. The Hall–Kier alpha value is -3.61. The molecule has 140 valence electrons. The molecule has 4 aromatic rings. The van der Waals surface area contributed by atoms with Gasteiger partial charge in [-0.3, -0.25) is 4.79 Å². The van der Waals surface area contributed by atoms with Gasteiger partial charge in [0.25, 0.3) is 0 Å². The first-order chi connectivity index (χ1) is 13.6. The summed E-state index contributed by atoms with van der Waals surface area (Å²) in [6.45, 7) is 1.96. The van der Waals surface area contributed by atoms with Gasteiger partial charge in [0.1, 0.15) is 11.6 Å². The van der Waals surface area contributed by atoms with Crippen LogP contribution in [0, 0.1) is 6.92 Å². The Bertz CT molecular complexity index is 1170. The van der Waals surface area contributed by atoms with Gasteiger partial charge < -0.3 is 15.0 Å². The number of carbonyl (C=O) groups excluding carboxylic acids is 1. The predicted molar refractivity (Wildman–Crippen MR) is 106 cm³/mol. The number of methoxy groups -OCH3 is 1. The van der Waals surface area contributed by atoms with Crippen LogP contribution >= 0.6 is 0 Å². The lowest BCUT2D eigenvalue weighted by Gasteiger charge is -2.24. The Labute approximate surface area is 161 Å². The minimum Gasteiger partial charge on any atom is -0.497 e. The molecule has 1 aliphatic rings. The molecule has 7 nitrogen and oxygen atoms in total. The largest absolute Gasteiger partial charge is 0.497 e. The maximum atomic E-state index is 12.5. The molecule has 28 heavy (non-hydrogen) atoms. The Balaban J connectivity index is 1.67. The molecule has 0 fully saturated rings. The first-order valence-electron chi connectivity index (χ1n) is 9.12. The van der Waals surface area contributed by atoms with Gasteiger partial charge >= 0.3 is 0 Å². The van der Waals surface area contributed by atoms with E-state index in [1.807, 2.05) is 55.5 Å². The first kappa shape index (κ1) is 16.6. The second kappa shape index (κ2) is 6.23. The van der Waals surface area contributed by atoms with Gasteiger partial charge in [-0.05, 0) is 36.8 Å². The molecule has 2 aromatic carbocycles. The molecule has 2 N–H and O–H groups in total. The van der Waals surface area contributed by atoms with Crippen molar-refractivity contribution in [2.45, 2.75) is 19.3 Å². The number of amides is 1. The topological polar surface area (TPSA) is 84.8 Å². The molecule has 2 aromatic heterocycles. The van der Waals surface area contributed by atoms with E-state index < -0.39 is 0 Å². The molecule has 1 amide bonds. The summed E-state index contributed by atoms with van der Waals surface area (Å²) < 4.78 is 7.05. The van der Waals surface area contributed by atoms with E-state index in [1.54, 1.807) is 11.8 Å². The number of carbonyl (C=O) groups is 1. The van der Waals surface area contributed by atoms with Crippen molar-refractivity contribution in [1.29, 1.82) is 0 Å². The number of imidazole rings is 1. The number of aromatic amines is 1. The highest BCUT2D eigenvalue weighted by Gasteiger charge is 2.33. The quantitative estimate of drug-likeness (QED) is 0.575. The van der Waals surface area contributed by atoms with Crippen molar-refractivity contribution >= 4 is 22.8 Å². The predicted octanol–water partition coefficient (Wildman–Crippen LogP) is 3.54. The second-order valence-electron chi connectivity index (χ2n) is 6.92. The fourth-order valence-corrected chi connectivity index (χ4v) is 3.88. The SMILES string of the molecule is COc1cccc(C2CC(=O)Nc3c2c(C)nn3-c2nc3ccccc3[nH]2)c1. The van der Waals surface area contributed by atoms with Crippen LogP contribution < -0.4 is 10.1 Å². The van der Waals surface area contributed by atoms with E-state index in [9.17, 15) is 4.79 Å². The van der Waals surface area contributed by atoms with Gasteiger partial charge in [-0.15, -0.1) is 0 Å². The summed E-state index contributed by atoms with van der Waals surface area (Å²) in [5.74, 6) is 1.89. The number of rotatable bonds is 3. The number of nitrogens with one attached hydrogen (secondary N) is 2. The van der Waals surface area contributed by atoms with Crippen molar-refractivity contribution in [3.63, 3.8) is 0 Å². The third-order valence-corrected chi connectivity index (χ3v) is 5.18. The van der Waals surface area contributed by atoms with Crippen LogP contribution in [0.15, 0.2) is 48.5 Å². The van der Waals surface area contributed by atoms with Crippen LogP contribution in [0.5, 0.6) is 5.75 Å². The van der Waals surface area contributed by atoms with E-state index in [0.29, 0.717) is 18.2 Å². The van der Waals surface area contributed by atoms with Crippen LogP contribution in [0.25, 0.3) is 17.0 Å². The smallest absolute Gasteiger partial charge is 0.231 e. The van der Waals surface area contributed by atoms with E-state index in [0.717, 1.165) is 33.6 Å². The van der Waals surface area contributed by atoms with Crippen molar-refractivity contribution in [3.05, 3.63) is 65.4 Å². The molecule has 0 saturated heterocycles. The molecule has 0 bridgehead atoms. The minimum atomic E-state index is -0.0861. The van der Waals surface area contributed by atoms with Crippen LogP contribution in [0.3, 0.4) is 0 Å². The number of aromatic nitrogens is 4. The normalized spacial score (nSPS) is 16.1. The number of anilines is 1. The Morgan fingerprint density at radius 3 is 2.86 bits per heavy atom. The number of H-pyrrole nitrogens is 1. The number of nitrogens with zero attached hydrogens (tertiary/aromatic N) is 3. The molecule has 7 heteroatoms. The van der Waals surface area contributed by atoms with Crippen molar-refractivity contribution in [2.24, 2.45) is 0 Å². The van der Waals surface area contributed by atoms with Gasteiger partial charge in [0.2, 0.25) is 11.9 Å². The van der Waals surface area contributed by atoms with Crippen LogP contribution in [0.2, 0.25) is 0 Å². The maximum Gasteiger partial charge on any atom is 0.231 e. The van der Waals surface area contributed by atoms with Gasteiger partial charge in [0, 0.05) is 17.9 Å². The number of hydrogen-bond donors (Lipinski definition) is 2. The molecular formula is C21H19N5O2. The number of benzene rings is 2. The summed E-state index contributed by atoms with van der Waals surface area (Å²) in [6, 6.07) is 15.6. The zero-order chi connectivity index (χ0) is 19.3. The summed E-state index contributed by atoms with van der Waals surface area (Å²) in [5, 5.41) is 7.68. The van der Waals surface area contributed by atoms with Crippen LogP contribution in [-0.2, 0) is 4.79 Å². The van der Waals surface area contributed by atoms with Crippen LogP contribution in [0.1, 0.15) is 29.2 Å². The highest BCUT2D eigenvalue weighted by atomic mass is 16.5. The summed E-state index contributed by atoms with van der Waals surface area (Å²) in [6.07, 6.45) is 0.368. The molecule has 3 heterocycles. The van der Waals surface area contributed by atoms with Crippen LogP contribution in [-0.4, -0.2) is 32.8 Å². The van der Waals surface area contributed by atoms with Crippen molar-refractivity contribution < 1.29 is 9.53 Å². The molecule has 0 spiro atoms. The molecule has 5 rings (SSSR count). The van der Waals surface area contributed by atoms with Crippen molar-refractivity contribution in [3.8, 4) is 11.7 Å². The zero-order valence-electron chi connectivity index (χ0n) is 15.6. The van der Waals surface area contributed by atoms with Gasteiger partial charge in [-0.2, -0.15) is 9.78 Å². The third kappa shape index (κ3) is 2.55. The number of ether oxygens (including phenoxy) is 1. The molecule has 0 saturated carbocycles. The van der Waals surface area contributed by atoms with Crippen molar-refractivity contribution in [2.75, 3.05) is 12.4 Å². The lowest BCUT2D eigenvalue weighted by Crippen LogP contribution is -2.25. The summed E-state index contributed by atoms with van der Waals surface area (Å²) in [5.41, 5.74) is 4.68. The third-order valence-electron chi connectivity index (χ3n) is 5.18. The monoisotopic (exact) mass is 373 g/mol. The maximum absolute atomic E-state index is 12.5. The Kier molecular flexibility index (Phi) is 3.68. The summed E-state index contributed by atoms with van der Waals surface area (Å²) in [7, 11) is 1.64. The molecule has 0 aliphatic carbocycles. The second-order valence-corrected chi connectivity index (χ2v) is 6.92. The fraction of sp³-hybridized carbons (Fsp3) is 0.190. The van der Waals surface area contributed by atoms with E-state index in [1.165, 1.54) is 0 Å². The molecule has 1 aliphatic heterocycles. The average Bonchev–Trinajstić information content (AvgIpc) is 3.28. The average molecular weight is 373 g/mol. The number of hydrogen-bond acceptors (Lipinski definition) is 4. The molecule has 1 atom stereocenters. The number of fused-ring (bicyclic) bond motifs is 2. The lowest BCUT2D eigenvalue weighted by molar-refractivity contribution is -0.116. The van der Waals surface area contributed by atoms with Gasteiger partial charge in [0.05, 0.1) is 23.8 Å². The summed E-state index contributed by atoms with van der Waals surface area (Å²) in [4.78, 5) is 20.4. The first-order valence-corrected chi connectivity index (χ1v) is 9.12.